The van der Waals surface area contributed by atoms with Crippen molar-refractivity contribution in [2.75, 3.05) is 29.7 Å². The number of para-hydroxylation sites is 1. The highest BCUT2D eigenvalue weighted by molar-refractivity contribution is 7.92. The van der Waals surface area contributed by atoms with Crippen LogP contribution in [0.1, 0.15) is 31.2 Å². The standard InChI is InChI=1S/C19H26N4O2S/c1-3-26(24,25)23-15-19(16-6-4-5-7-17(16)23)8-11-22(12-9-19)14-18-20-10-13-21(18)2/h4-7,10,13H,3,8-9,11-12,14-15H2,1-2H3. The number of rotatable bonds is 4. The summed E-state index contributed by atoms with van der Waals surface area (Å²) >= 11 is 0. The van der Waals surface area contributed by atoms with Crippen molar-refractivity contribution in [3.8, 4) is 0 Å². The number of imidazole rings is 1. The number of hydrogen-bond acceptors (Lipinski definition) is 4. The van der Waals surface area contributed by atoms with E-state index in [0.717, 1.165) is 44.0 Å². The number of benzene rings is 1. The minimum atomic E-state index is -3.24. The quantitative estimate of drug-likeness (QED) is 0.823. The van der Waals surface area contributed by atoms with E-state index in [1.165, 1.54) is 5.56 Å². The molecule has 6 nitrogen and oxygen atoms in total. The molecule has 0 radical (unpaired) electrons. The van der Waals surface area contributed by atoms with Crippen molar-refractivity contribution in [1.29, 1.82) is 0 Å². The Labute approximate surface area is 155 Å². The van der Waals surface area contributed by atoms with Crippen LogP contribution >= 0.6 is 0 Å². The summed E-state index contributed by atoms with van der Waals surface area (Å²) in [5, 5.41) is 0. The van der Waals surface area contributed by atoms with E-state index in [-0.39, 0.29) is 11.2 Å². The highest BCUT2D eigenvalue weighted by atomic mass is 32.2. The maximum atomic E-state index is 12.6. The molecule has 1 spiro atoms. The Kier molecular flexibility index (Phi) is 4.31. The summed E-state index contributed by atoms with van der Waals surface area (Å²) < 4.78 is 28.9. The van der Waals surface area contributed by atoms with E-state index in [4.69, 9.17) is 0 Å². The molecule has 0 amide bonds. The first-order valence-corrected chi connectivity index (χ1v) is 10.8. The zero-order chi connectivity index (χ0) is 18.4. The maximum Gasteiger partial charge on any atom is 0.234 e. The van der Waals surface area contributed by atoms with Gasteiger partial charge in [-0.3, -0.25) is 9.21 Å². The molecule has 0 bridgehead atoms. The Morgan fingerprint density at radius 1 is 1.19 bits per heavy atom. The van der Waals surface area contributed by atoms with Crippen LogP contribution in [0.25, 0.3) is 0 Å². The molecular formula is C19H26N4O2S. The third kappa shape index (κ3) is 2.83. The van der Waals surface area contributed by atoms with E-state index in [1.807, 2.05) is 37.6 Å². The summed E-state index contributed by atoms with van der Waals surface area (Å²) in [5.74, 6) is 1.21. The number of sulfonamides is 1. The van der Waals surface area contributed by atoms with Gasteiger partial charge in [-0.2, -0.15) is 0 Å². The minimum absolute atomic E-state index is 0.0586. The summed E-state index contributed by atoms with van der Waals surface area (Å²) in [5.41, 5.74) is 2.03. The topological polar surface area (TPSA) is 58.4 Å². The van der Waals surface area contributed by atoms with Crippen LogP contribution in [0.15, 0.2) is 36.7 Å². The second-order valence-electron chi connectivity index (χ2n) is 7.44. The van der Waals surface area contributed by atoms with E-state index >= 15 is 0 Å². The molecule has 0 saturated carbocycles. The van der Waals surface area contributed by atoms with Crippen molar-refractivity contribution >= 4 is 15.7 Å². The van der Waals surface area contributed by atoms with Gasteiger partial charge in [-0.05, 0) is 44.5 Å². The molecule has 1 fully saturated rings. The van der Waals surface area contributed by atoms with E-state index in [2.05, 4.69) is 20.5 Å². The Hall–Kier alpha value is -1.86. The summed E-state index contributed by atoms with van der Waals surface area (Å²) in [6.45, 7) is 5.07. The molecule has 0 N–H and O–H groups in total. The molecule has 0 atom stereocenters. The molecule has 1 aromatic heterocycles. The third-order valence-electron chi connectivity index (χ3n) is 5.99. The van der Waals surface area contributed by atoms with Gasteiger partial charge in [0.25, 0.3) is 0 Å². The zero-order valence-electron chi connectivity index (χ0n) is 15.4. The molecule has 140 valence electrons. The Bertz CT molecular complexity index is 898. The average Bonchev–Trinajstić information content (AvgIpc) is 3.20. The number of aromatic nitrogens is 2. The second kappa shape index (κ2) is 6.39. The van der Waals surface area contributed by atoms with Gasteiger partial charge in [0.2, 0.25) is 10.0 Å². The van der Waals surface area contributed by atoms with Crippen LogP contribution < -0.4 is 4.31 Å². The summed E-state index contributed by atoms with van der Waals surface area (Å²) in [6, 6.07) is 8.04. The molecular weight excluding hydrogens is 348 g/mol. The first-order chi connectivity index (χ1) is 12.5. The Morgan fingerprint density at radius 2 is 1.92 bits per heavy atom. The van der Waals surface area contributed by atoms with Crippen molar-refractivity contribution < 1.29 is 8.42 Å². The van der Waals surface area contributed by atoms with Gasteiger partial charge in [0.15, 0.2) is 0 Å². The van der Waals surface area contributed by atoms with Crippen molar-refractivity contribution in [2.24, 2.45) is 7.05 Å². The third-order valence-corrected chi connectivity index (χ3v) is 7.72. The lowest BCUT2D eigenvalue weighted by Gasteiger charge is -2.39. The fraction of sp³-hybridized carbons (Fsp3) is 0.526. The summed E-state index contributed by atoms with van der Waals surface area (Å²) in [6.07, 6.45) is 5.76. The Balaban J connectivity index is 1.56. The lowest BCUT2D eigenvalue weighted by Crippen LogP contribution is -2.46. The van der Waals surface area contributed by atoms with Crippen molar-refractivity contribution in [3.63, 3.8) is 0 Å². The first kappa shape index (κ1) is 17.5. The number of aryl methyl sites for hydroxylation is 1. The number of nitrogens with zero attached hydrogens (tertiary/aromatic N) is 4. The molecule has 1 aromatic carbocycles. The molecule has 26 heavy (non-hydrogen) atoms. The highest BCUT2D eigenvalue weighted by Crippen LogP contribution is 2.48. The highest BCUT2D eigenvalue weighted by Gasteiger charge is 2.47. The van der Waals surface area contributed by atoms with Crippen LogP contribution in [-0.2, 0) is 29.0 Å². The van der Waals surface area contributed by atoms with Gasteiger partial charge in [-0.25, -0.2) is 13.4 Å². The number of hydrogen-bond donors (Lipinski definition) is 0. The summed E-state index contributed by atoms with van der Waals surface area (Å²) in [4.78, 5) is 6.85. The van der Waals surface area contributed by atoms with Crippen LogP contribution in [-0.4, -0.2) is 48.3 Å². The van der Waals surface area contributed by atoms with Gasteiger partial charge >= 0.3 is 0 Å². The smallest absolute Gasteiger partial charge is 0.234 e. The summed E-state index contributed by atoms with van der Waals surface area (Å²) in [7, 11) is -1.22. The molecule has 0 unspecified atom stereocenters. The Morgan fingerprint density at radius 3 is 2.58 bits per heavy atom. The monoisotopic (exact) mass is 374 g/mol. The molecule has 2 aliphatic heterocycles. The molecule has 2 aromatic rings. The normalized spacial score (nSPS) is 19.8. The van der Waals surface area contributed by atoms with Crippen molar-refractivity contribution in [3.05, 3.63) is 48.0 Å². The predicted molar refractivity (Wildman–Crippen MR) is 103 cm³/mol. The number of likely N-dealkylation sites (tertiary alicyclic amines) is 1. The van der Waals surface area contributed by atoms with E-state index < -0.39 is 10.0 Å². The van der Waals surface area contributed by atoms with E-state index in [0.29, 0.717) is 6.54 Å². The molecule has 1 saturated heterocycles. The van der Waals surface area contributed by atoms with Gasteiger partial charge in [0.05, 0.1) is 18.0 Å². The largest absolute Gasteiger partial charge is 0.337 e. The van der Waals surface area contributed by atoms with Gasteiger partial charge in [0.1, 0.15) is 5.82 Å². The fourth-order valence-corrected chi connectivity index (χ4v) is 5.52. The van der Waals surface area contributed by atoms with Crippen LogP contribution in [0.5, 0.6) is 0 Å². The van der Waals surface area contributed by atoms with Gasteiger partial charge < -0.3 is 4.57 Å². The molecule has 7 heteroatoms. The predicted octanol–water partition coefficient (Wildman–Crippen LogP) is 2.12. The lowest BCUT2D eigenvalue weighted by molar-refractivity contribution is 0.157. The molecule has 0 aliphatic carbocycles. The van der Waals surface area contributed by atoms with Crippen LogP contribution in [0.4, 0.5) is 5.69 Å². The molecule has 4 rings (SSSR count). The van der Waals surface area contributed by atoms with E-state index in [1.54, 1.807) is 11.2 Å². The molecule has 3 heterocycles. The second-order valence-corrected chi connectivity index (χ2v) is 9.62. The van der Waals surface area contributed by atoms with Gasteiger partial charge in [0, 0.05) is 31.4 Å². The van der Waals surface area contributed by atoms with Gasteiger partial charge in [-0.1, -0.05) is 18.2 Å². The SMILES string of the molecule is CCS(=O)(=O)N1CC2(CCN(Cc3nccn3C)CC2)c2ccccc21. The van der Waals surface area contributed by atoms with Crippen molar-refractivity contribution in [1.82, 2.24) is 14.5 Å². The molecule has 2 aliphatic rings. The number of anilines is 1. The number of piperidine rings is 1. The van der Waals surface area contributed by atoms with Crippen LogP contribution in [0.3, 0.4) is 0 Å². The van der Waals surface area contributed by atoms with E-state index in [9.17, 15) is 8.42 Å². The number of fused-ring (bicyclic) bond motifs is 2. The zero-order valence-corrected chi connectivity index (χ0v) is 16.2. The van der Waals surface area contributed by atoms with Crippen LogP contribution in [0.2, 0.25) is 0 Å². The maximum absolute atomic E-state index is 12.6. The van der Waals surface area contributed by atoms with Crippen LogP contribution in [0, 0.1) is 0 Å². The van der Waals surface area contributed by atoms with Crippen molar-refractivity contribution in [2.45, 2.75) is 31.7 Å². The fourth-order valence-electron chi connectivity index (χ4n) is 4.30. The lowest BCUT2D eigenvalue weighted by atomic mass is 9.74. The van der Waals surface area contributed by atoms with Gasteiger partial charge in [-0.15, -0.1) is 0 Å². The first-order valence-electron chi connectivity index (χ1n) is 9.24. The average molecular weight is 375 g/mol. The minimum Gasteiger partial charge on any atom is -0.337 e.